The first-order chi connectivity index (χ1) is 22.1. The van der Waals surface area contributed by atoms with E-state index in [2.05, 4.69) is 11.7 Å². The van der Waals surface area contributed by atoms with E-state index < -0.39 is 17.7 Å². The van der Waals surface area contributed by atoms with Gasteiger partial charge < -0.3 is 14.7 Å². The number of amides is 1. The molecule has 5 heterocycles. The second-order valence-corrected chi connectivity index (χ2v) is 12.5. The Morgan fingerprint density at radius 2 is 2.00 bits per heavy atom. The van der Waals surface area contributed by atoms with Crippen molar-refractivity contribution in [2.24, 2.45) is 7.05 Å². The maximum Gasteiger partial charge on any atom is 0.246 e. The van der Waals surface area contributed by atoms with Crippen molar-refractivity contribution in [1.29, 1.82) is 0 Å². The number of halogens is 2. The molecule has 46 heavy (non-hydrogen) atoms. The molecule has 1 N–H and O–H groups in total. The van der Waals surface area contributed by atoms with Crippen LogP contribution in [0.4, 0.5) is 8.78 Å². The van der Waals surface area contributed by atoms with Crippen molar-refractivity contribution in [1.82, 2.24) is 29.4 Å². The lowest BCUT2D eigenvalue weighted by atomic mass is 9.96. The lowest BCUT2D eigenvalue weighted by Gasteiger charge is -2.33. The number of nitrogens with zero attached hydrogens (tertiary/aromatic N) is 6. The van der Waals surface area contributed by atoms with Crippen molar-refractivity contribution >= 4 is 38.2 Å². The van der Waals surface area contributed by atoms with Gasteiger partial charge in [-0.1, -0.05) is 18.7 Å². The molecular weight excluding hydrogens is 610 g/mol. The van der Waals surface area contributed by atoms with Crippen molar-refractivity contribution in [2.75, 3.05) is 6.61 Å². The SMILES string of the molecule is C=CC(=O)N1Cc2cc(-c3nc(-c4ccc5cn(C)nc5c4)c4ccsc4c3-c3c(F)cc(F)cc3OCC(C)O)nn2CC1C. The quantitative estimate of drug-likeness (QED) is 0.205. The summed E-state index contributed by atoms with van der Waals surface area (Å²) in [5.41, 5.74) is 4.30. The topological polar surface area (TPSA) is 98.3 Å². The number of hydrogen-bond acceptors (Lipinski definition) is 7. The van der Waals surface area contributed by atoms with Gasteiger partial charge in [0.05, 0.1) is 41.7 Å². The first kappa shape index (κ1) is 29.8. The second kappa shape index (κ2) is 11.5. The fraction of sp³-hybridized carbons (Fsp3) is 0.235. The van der Waals surface area contributed by atoms with Crippen LogP contribution in [0.25, 0.3) is 54.8 Å². The third-order valence-electron chi connectivity index (χ3n) is 8.12. The van der Waals surface area contributed by atoms with Crippen LogP contribution in [0, 0.1) is 11.6 Å². The Morgan fingerprint density at radius 1 is 1.17 bits per heavy atom. The minimum atomic E-state index is -0.870. The van der Waals surface area contributed by atoms with Crippen LogP contribution < -0.4 is 4.74 Å². The third kappa shape index (κ3) is 5.13. The average Bonchev–Trinajstić information content (AvgIpc) is 3.75. The number of hydrogen-bond donors (Lipinski definition) is 1. The van der Waals surface area contributed by atoms with E-state index in [0.717, 1.165) is 39.7 Å². The lowest BCUT2D eigenvalue weighted by Crippen LogP contribution is -2.44. The minimum Gasteiger partial charge on any atom is -0.490 e. The number of fused-ring (bicyclic) bond motifs is 3. The van der Waals surface area contributed by atoms with E-state index in [1.807, 2.05) is 60.6 Å². The Morgan fingerprint density at radius 3 is 2.78 bits per heavy atom. The van der Waals surface area contributed by atoms with E-state index in [0.29, 0.717) is 40.4 Å². The summed E-state index contributed by atoms with van der Waals surface area (Å²) in [4.78, 5) is 19.5. The van der Waals surface area contributed by atoms with Gasteiger partial charge in [-0.25, -0.2) is 13.8 Å². The number of aliphatic hydroxyl groups is 1. The zero-order valence-electron chi connectivity index (χ0n) is 25.4. The van der Waals surface area contributed by atoms with Gasteiger partial charge in [0, 0.05) is 58.0 Å². The Kier molecular flexibility index (Phi) is 7.41. The molecule has 0 aliphatic carbocycles. The van der Waals surface area contributed by atoms with Crippen LogP contribution >= 0.6 is 11.3 Å². The number of aliphatic hydroxyl groups excluding tert-OH is 1. The van der Waals surface area contributed by atoms with E-state index in [4.69, 9.17) is 14.8 Å². The molecule has 2 atom stereocenters. The molecule has 4 aromatic heterocycles. The van der Waals surface area contributed by atoms with Crippen molar-refractivity contribution in [3.05, 3.63) is 84.0 Å². The smallest absolute Gasteiger partial charge is 0.246 e. The average molecular weight is 641 g/mol. The first-order valence-electron chi connectivity index (χ1n) is 14.8. The molecule has 1 amide bonds. The van der Waals surface area contributed by atoms with Crippen molar-refractivity contribution in [2.45, 2.75) is 39.1 Å². The summed E-state index contributed by atoms with van der Waals surface area (Å²) < 4.78 is 40.7. The molecule has 9 nitrogen and oxygen atoms in total. The van der Waals surface area contributed by atoms with Gasteiger partial charge in [0.1, 0.15) is 35.4 Å². The summed E-state index contributed by atoms with van der Waals surface area (Å²) in [7, 11) is 1.86. The van der Waals surface area contributed by atoms with Crippen molar-refractivity contribution in [3.8, 4) is 39.5 Å². The van der Waals surface area contributed by atoms with E-state index >= 15 is 4.39 Å². The van der Waals surface area contributed by atoms with Gasteiger partial charge in [-0.3, -0.25) is 14.2 Å². The zero-order chi connectivity index (χ0) is 32.3. The van der Waals surface area contributed by atoms with E-state index in [1.165, 1.54) is 24.3 Å². The highest BCUT2D eigenvalue weighted by atomic mass is 32.1. The second-order valence-electron chi connectivity index (χ2n) is 11.6. The summed E-state index contributed by atoms with van der Waals surface area (Å²) >= 11 is 1.40. The van der Waals surface area contributed by atoms with Crippen molar-refractivity contribution < 1.29 is 23.4 Å². The molecule has 0 saturated heterocycles. The molecule has 0 radical (unpaired) electrons. The molecular formula is C34H30F2N6O3S. The Labute approximate surface area is 267 Å². The van der Waals surface area contributed by atoms with Gasteiger partial charge in [-0.05, 0) is 43.5 Å². The maximum absolute atomic E-state index is 16.0. The number of ether oxygens (including phenoxy) is 1. The Bertz CT molecular complexity index is 2170. The van der Waals surface area contributed by atoms with Crippen LogP contribution in [-0.4, -0.2) is 59.2 Å². The van der Waals surface area contributed by atoms with Crippen LogP contribution in [-0.2, 0) is 24.9 Å². The number of rotatable bonds is 7. The first-order valence-corrected chi connectivity index (χ1v) is 15.6. The molecule has 12 heteroatoms. The van der Waals surface area contributed by atoms with Crippen LogP contribution in [0.1, 0.15) is 19.5 Å². The van der Waals surface area contributed by atoms with Crippen LogP contribution in [0.5, 0.6) is 5.75 Å². The summed E-state index contributed by atoms with van der Waals surface area (Å²) in [6.07, 6.45) is 2.36. The lowest BCUT2D eigenvalue weighted by molar-refractivity contribution is -0.129. The number of aromatic nitrogens is 5. The number of carbonyl (C=O) groups excluding carboxylic acids is 1. The fourth-order valence-electron chi connectivity index (χ4n) is 6.01. The highest BCUT2D eigenvalue weighted by molar-refractivity contribution is 7.18. The summed E-state index contributed by atoms with van der Waals surface area (Å²) in [5.74, 6) is -1.88. The highest BCUT2D eigenvalue weighted by Gasteiger charge is 2.30. The van der Waals surface area contributed by atoms with E-state index in [-0.39, 0.29) is 29.9 Å². The molecule has 6 aromatic rings. The van der Waals surface area contributed by atoms with Gasteiger partial charge in [0.25, 0.3) is 0 Å². The molecule has 0 spiro atoms. The highest BCUT2D eigenvalue weighted by Crippen LogP contribution is 2.47. The van der Waals surface area contributed by atoms with E-state index in [9.17, 15) is 14.3 Å². The van der Waals surface area contributed by atoms with Gasteiger partial charge in [-0.2, -0.15) is 10.2 Å². The maximum atomic E-state index is 16.0. The van der Waals surface area contributed by atoms with Crippen LogP contribution in [0.2, 0.25) is 0 Å². The molecule has 2 unspecified atom stereocenters. The third-order valence-corrected chi connectivity index (χ3v) is 9.05. The molecule has 0 bridgehead atoms. The molecule has 7 rings (SSSR count). The minimum absolute atomic E-state index is 0.0199. The predicted molar refractivity (Wildman–Crippen MR) is 173 cm³/mol. The normalized spacial score (nSPS) is 15.3. The van der Waals surface area contributed by atoms with E-state index in [1.54, 1.807) is 9.58 Å². The molecule has 1 aliphatic rings. The molecule has 2 aromatic carbocycles. The number of pyridine rings is 1. The van der Waals surface area contributed by atoms with Gasteiger partial charge >= 0.3 is 0 Å². The monoisotopic (exact) mass is 640 g/mol. The van der Waals surface area contributed by atoms with Crippen molar-refractivity contribution in [3.63, 3.8) is 0 Å². The van der Waals surface area contributed by atoms with Crippen LogP contribution in [0.15, 0.2) is 66.7 Å². The molecule has 1 aliphatic heterocycles. The number of thiophene rings is 1. The van der Waals surface area contributed by atoms with Gasteiger partial charge in [-0.15, -0.1) is 11.3 Å². The molecule has 0 saturated carbocycles. The van der Waals surface area contributed by atoms with Crippen LogP contribution in [0.3, 0.4) is 0 Å². The Hall–Kier alpha value is -4.94. The number of aryl methyl sites for hydroxylation is 1. The Balaban J connectivity index is 1.50. The zero-order valence-corrected chi connectivity index (χ0v) is 26.2. The number of benzene rings is 2. The largest absolute Gasteiger partial charge is 0.490 e. The molecule has 234 valence electrons. The number of carbonyl (C=O) groups is 1. The summed E-state index contributed by atoms with van der Waals surface area (Å²) in [6.45, 7) is 7.70. The van der Waals surface area contributed by atoms with Gasteiger partial charge in [0.2, 0.25) is 5.91 Å². The summed E-state index contributed by atoms with van der Waals surface area (Å²) in [5, 5.41) is 23.1. The predicted octanol–water partition coefficient (Wildman–Crippen LogP) is 6.34. The standard InChI is InChI=1S/C34H30F2N6O3S/c1-5-29(44)41-16-23-13-27(39-42(23)14-18(41)2)33-31(30-25(36)11-22(35)12-28(30)45-17-19(3)43)34-24(8-9-46-34)32(37-33)20-6-7-21-15-40(4)38-26(21)10-20/h5-13,15,18-19,43H,1,14,16-17H2,2-4H3. The fourth-order valence-corrected chi connectivity index (χ4v) is 6.96. The van der Waals surface area contributed by atoms with Gasteiger partial charge in [0.15, 0.2) is 0 Å². The summed E-state index contributed by atoms with van der Waals surface area (Å²) in [6, 6.07) is 11.5. The molecule has 0 fully saturated rings.